The van der Waals surface area contributed by atoms with Gasteiger partial charge in [0.25, 0.3) is 0 Å². The van der Waals surface area contributed by atoms with Crippen molar-refractivity contribution in [3.05, 3.63) is 21.9 Å². The Labute approximate surface area is 80.4 Å². The Morgan fingerprint density at radius 1 is 1.77 bits per heavy atom. The molecule has 1 aromatic heterocycles. The zero-order valence-electron chi connectivity index (χ0n) is 7.12. The maximum atomic E-state index is 10.4. The minimum Gasteiger partial charge on any atom is -0.481 e. The number of hydrogen-bond donors (Lipinski definition) is 2. The Bertz CT molecular complexity index is 317. The predicted octanol–water partition coefficient (Wildman–Crippen LogP) is 1.41. The third-order valence-electron chi connectivity index (χ3n) is 2.23. The first-order chi connectivity index (χ1) is 6.25. The highest BCUT2D eigenvalue weighted by Gasteiger charge is 2.19. The largest absolute Gasteiger partial charge is 0.481 e. The van der Waals surface area contributed by atoms with Crippen LogP contribution in [0.3, 0.4) is 0 Å². The molecule has 1 atom stereocenters. The molecular weight excluding hydrogens is 186 g/mol. The SMILES string of the molecule is O=C(O)Cc1cc([C@@H]2CCN2)cs1. The number of carbonyl (C=O) groups is 1. The molecule has 1 aliphatic rings. The molecule has 4 heteroatoms. The van der Waals surface area contributed by atoms with Crippen molar-refractivity contribution in [1.82, 2.24) is 5.32 Å². The minimum absolute atomic E-state index is 0.150. The predicted molar refractivity (Wildman–Crippen MR) is 51.0 cm³/mol. The first-order valence-corrected chi connectivity index (χ1v) is 5.16. The molecule has 3 nitrogen and oxygen atoms in total. The lowest BCUT2D eigenvalue weighted by atomic mass is 10.0. The van der Waals surface area contributed by atoms with Gasteiger partial charge in [-0.05, 0) is 30.0 Å². The molecule has 70 valence electrons. The lowest BCUT2D eigenvalue weighted by Gasteiger charge is -2.26. The van der Waals surface area contributed by atoms with Crippen LogP contribution >= 0.6 is 11.3 Å². The van der Waals surface area contributed by atoms with E-state index in [2.05, 4.69) is 10.7 Å². The zero-order valence-corrected chi connectivity index (χ0v) is 7.93. The standard InChI is InChI=1S/C9H11NO2S/c11-9(12)4-7-3-6(5-13-7)8-1-2-10-8/h3,5,8,10H,1-2,4H2,(H,11,12)/t8-/m0/s1. The van der Waals surface area contributed by atoms with Crippen molar-refractivity contribution in [2.45, 2.75) is 18.9 Å². The molecule has 1 fully saturated rings. The summed E-state index contributed by atoms with van der Waals surface area (Å²) in [6.45, 7) is 1.08. The van der Waals surface area contributed by atoms with Crippen LogP contribution in [0, 0.1) is 0 Å². The molecule has 0 unspecified atom stereocenters. The summed E-state index contributed by atoms with van der Waals surface area (Å²) in [5, 5.41) is 13.9. The highest BCUT2D eigenvalue weighted by molar-refractivity contribution is 7.10. The molecule has 0 bridgehead atoms. The van der Waals surface area contributed by atoms with Gasteiger partial charge in [-0.15, -0.1) is 11.3 Å². The van der Waals surface area contributed by atoms with Gasteiger partial charge in [0.15, 0.2) is 0 Å². The summed E-state index contributed by atoms with van der Waals surface area (Å²) < 4.78 is 0. The maximum Gasteiger partial charge on any atom is 0.308 e. The molecule has 1 aromatic rings. The highest BCUT2D eigenvalue weighted by Crippen LogP contribution is 2.27. The van der Waals surface area contributed by atoms with Gasteiger partial charge < -0.3 is 10.4 Å². The first kappa shape index (κ1) is 8.72. The minimum atomic E-state index is -0.755. The molecule has 2 rings (SSSR count). The van der Waals surface area contributed by atoms with Crippen molar-refractivity contribution < 1.29 is 9.90 Å². The van der Waals surface area contributed by atoms with Gasteiger partial charge in [-0.25, -0.2) is 0 Å². The van der Waals surface area contributed by atoms with E-state index < -0.39 is 5.97 Å². The Kier molecular flexibility index (Phi) is 2.33. The smallest absolute Gasteiger partial charge is 0.308 e. The zero-order chi connectivity index (χ0) is 9.26. The van der Waals surface area contributed by atoms with Gasteiger partial charge in [-0.1, -0.05) is 0 Å². The van der Waals surface area contributed by atoms with Crippen LogP contribution in [-0.4, -0.2) is 17.6 Å². The lowest BCUT2D eigenvalue weighted by molar-refractivity contribution is -0.136. The fourth-order valence-corrected chi connectivity index (χ4v) is 2.33. The topological polar surface area (TPSA) is 49.3 Å². The summed E-state index contributed by atoms with van der Waals surface area (Å²) in [7, 11) is 0. The van der Waals surface area contributed by atoms with Gasteiger partial charge in [0, 0.05) is 10.9 Å². The van der Waals surface area contributed by atoms with Gasteiger partial charge in [0.05, 0.1) is 6.42 Å². The second kappa shape index (κ2) is 3.47. The van der Waals surface area contributed by atoms with E-state index in [0.717, 1.165) is 11.4 Å². The third kappa shape index (κ3) is 1.89. The summed E-state index contributed by atoms with van der Waals surface area (Å²) >= 11 is 1.53. The van der Waals surface area contributed by atoms with E-state index in [1.807, 2.05) is 6.07 Å². The summed E-state index contributed by atoms with van der Waals surface area (Å²) in [6.07, 6.45) is 1.32. The van der Waals surface area contributed by atoms with Crippen molar-refractivity contribution in [3.63, 3.8) is 0 Å². The Morgan fingerprint density at radius 3 is 3.08 bits per heavy atom. The van der Waals surface area contributed by atoms with E-state index in [1.165, 1.54) is 23.3 Å². The van der Waals surface area contributed by atoms with Crippen molar-refractivity contribution >= 4 is 17.3 Å². The van der Waals surface area contributed by atoms with E-state index in [-0.39, 0.29) is 6.42 Å². The number of aliphatic carboxylic acids is 1. The number of rotatable bonds is 3. The van der Waals surface area contributed by atoms with Crippen LogP contribution in [0.1, 0.15) is 22.9 Å². The average molecular weight is 197 g/mol. The highest BCUT2D eigenvalue weighted by atomic mass is 32.1. The second-order valence-corrected chi connectivity index (χ2v) is 4.21. The van der Waals surface area contributed by atoms with Crippen LogP contribution < -0.4 is 5.32 Å². The lowest BCUT2D eigenvalue weighted by Crippen LogP contribution is -2.34. The van der Waals surface area contributed by atoms with Gasteiger partial charge in [0.1, 0.15) is 0 Å². The molecular formula is C9H11NO2S. The van der Waals surface area contributed by atoms with E-state index in [4.69, 9.17) is 5.11 Å². The van der Waals surface area contributed by atoms with Crippen LogP contribution in [0.4, 0.5) is 0 Å². The summed E-state index contributed by atoms with van der Waals surface area (Å²) in [6, 6.07) is 2.47. The number of thiophene rings is 1. The van der Waals surface area contributed by atoms with Crippen molar-refractivity contribution in [3.8, 4) is 0 Å². The molecule has 2 N–H and O–H groups in total. The molecule has 1 aliphatic heterocycles. The molecule has 0 aromatic carbocycles. The fourth-order valence-electron chi connectivity index (χ4n) is 1.40. The van der Waals surface area contributed by atoms with E-state index in [9.17, 15) is 4.79 Å². The molecule has 13 heavy (non-hydrogen) atoms. The molecule has 0 radical (unpaired) electrons. The molecule has 1 saturated heterocycles. The maximum absolute atomic E-state index is 10.4. The fraction of sp³-hybridized carbons (Fsp3) is 0.444. The Hall–Kier alpha value is -0.870. The monoisotopic (exact) mass is 197 g/mol. The van der Waals surface area contributed by atoms with E-state index in [0.29, 0.717) is 6.04 Å². The van der Waals surface area contributed by atoms with Gasteiger partial charge in [-0.2, -0.15) is 0 Å². The third-order valence-corrected chi connectivity index (χ3v) is 3.18. The molecule has 0 aliphatic carbocycles. The van der Waals surface area contributed by atoms with Gasteiger partial charge in [0.2, 0.25) is 0 Å². The van der Waals surface area contributed by atoms with Crippen LogP contribution in [0.5, 0.6) is 0 Å². The number of nitrogens with one attached hydrogen (secondary N) is 1. The molecule has 2 heterocycles. The van der Waals surface area contributed by atoms with E-state index in [1.54, 1.807) is 0 Å². The summed E-state index contributed by atoms with van der Waals surface area (Å²) in [5.74, 6) is -0.755. The van der Waals surface area contributed by atoms with Gasteiger partial charge in [-0.3, -0.25) is 4.79 Å². The van der Waals surface area contributed by atoms with Crippen LogP contribution in [0.2, 0.25) is 0 Å². The number of carboxylic acids is 1. The molecule has 0 amide bonds. The van der Waals surface area contributed by atoms with Crippen LogP contribution in [-0.2, 0) is 11.2 Å². The van der Waals surface area contributed by atoms with Gasteiger partial charge >= 0.3 is 5.97 Å². The number of hydrogen-bond acceptors (Lipinski definition) is 3. The summed E-state index contributed by atoms with van der Waals surface area (Å²) in [4.78, 5) is 11.4. The summed E-state index contributed by atoms with van der Waals surface area (Å²) in [5.41, 5.74) is 1.24. The van der Waals surface area contributed by atoms with Crippen molar-refractivity contribution in [1.29, 1.82) is 0 Å². The van der Waals surface area contributed by atoms with Crippen LogP contribution in [0.15, 0.2) is 11.4 Å². The van der Waals surface area contributed by atoms with Crippen LogP contribution in [0.25, 0.3) is 0 Å². The molecule has 0 saturated carbocycles. The first-order valence-electron chi connectivity index (χ1n) is 4.28. The second-order valence-electron chi connectivity index (χ2n) is 3.21. The quantitative estimate of drug-likeness (QED) is 0.770. The normalized spacial score (nSPS) is 21.1. The Morgan fingerprint density at radius 2 is 2.54 bits per heavy atom. The van der Waals surface area contributed by atoms with Crippen molar-refractivity contribution in [2.75, 3.05) is 6.54 Å². The average Bonchev–Trinajstić information content (AvgIpc) is 2.31. The van der Waals surface area contributed by atoms with Crippen molar-refractivity contribution in [2.24, 2.45) is 0 Å². The Balaban J connectivity index is 2.04. The molecule has 0 spiro atoms. The number of carboxylic acid groups (broad SMARTS) is 1. The van der Waals surface area contributed by atoms with E-state index >= 15 is 0 Å².